The average Bonchev–Trinajstić information content (AvgIpc) is 2.50. The van der Waals surface area contributed by atoms with Crippen LogP contribution in [-0.4, -0.2) is 4.83 Å². The summed E-state index contributed by atoms with van der Waals surface area (Å²) in [6.07, 6.45) is 6.49. The summed E-state index contributed by atoms with van der Waals surface area (Å²) < 4.78 is 0. The van der Waals surface area contributed by atoms with Crippen molar-refractivity contribution >= 4 is 15.9 Å². The Bertz CT molecular complexity index is 633. The van der Waals surface area contributed by atoms with E-state index in [1.54, 1.807) is 11.1 Å². The van der Waals surface area contributed by atoms with Gasteiger partial charge in [0, 0.05) is 4.83 Å². The molecule has 21 heavy (non-hydrogen) atoms. The monoisotopic (exact) mass is 340 g/mol. The van der Waals surface area contributed by atoms with Gasteiger partial charge in [0.05, 0.1) is 0 Å². The topological polar surface area (TPSA) is 0 Å². The summed E-state index contributed by atoms with van der Waals surface area (Å²) in [5.41, 5.74) is 5.08. The van der Waals surface area contributed by atoms with Gasteiger partial charge in [-0.15, -0.1) is 0 Å². The van der Waals surface area contributed by atoms with Gasteiger partial charge in [0.15, 0.2) is 0 Å². The van der Waals surface area contributed by atoms with Gasteiger partial charge in [-0.25, -0.2) is 0 Å². The zero-order valence-corrected chi connectivity index (χ0v) is 13.9. The summed E-state index contributed by atoms with van der Waals surface area (Å²) in [6, 6.07) is 20.2. The number of alkyl halides is 1. The van der Waals surface area contributed by atoms with Gasteiger partial charge in [0.2, 0.25) is 0 Å². The minimum absolute atomic E-state index is 0.401. The van der Waals surface area contributed by atoms with Gasteiger partial charge in [0.25, 0.3) is 0 Å². The molecule has 4 rings (SSSR count). The van der Waals surface area contributed by atoms with Crippen LogP contribution in [0.25, 0.3) is 0 Å². The van der Waals surface area contributed by atoms with Crippen LogP contribution in [0.1, 0.15) is 41.9 Å². The lowest BCUT2D eigenvalue weighted by Crippen LogP contribution is -2.46. The fraction of sp³-hybridized carbons (Fsp3) is 0.400. The second kappa shape index (κ2) is 5.28. The summed E-state index contributed by atoms with van der Waals surface area (Å²) in [5.74, 6) is 0.701. The van der Waals surface area contributed by atoms with Crippen molar-refractivity contribution in [1.29, 1.82) is 0 Å². The summed E-state index contributed by atoms with van der Waals surface area (Å²) >= 11 is 4.12. The molecule has 0 aliphatic heterocycles. The normalized spacial score (nSPS) is 30.7. The first kappa shape index (κ1) is 13.6. The van der Waals surface area contributed by atoms with Gasteiger partial charge in [0.1, 0.15) is 0 Å². The van der Waals surface area contributed by atoms with Gasteiger partial charge in [-0.2, -0.15) is 0 Å². The molecule has 3 atom stereocenters. The fourth-order valence-corrected chi connectivity index (χ4v) is 5.67. The maximum Gasteiger partial charge on any atom is 0.0277 e. The van der Waals surface area contributed by atoms with E-state index in [1.807, 2.05) is 0 Å². The second-order valence-electron chi connectivity index (χ2n) is 6.80. The molecule has 108 valence electrons. The Morgan fingerprint density at radius 3 is 2.62 bits per heavy atom. The Kier molecular flexibility index (Phi) is 3.41. The maximum atomic E-state index is 4.12. The fourth-order valence-electron chi connectivity index (χ4n) is 4.57. The van der Waals surface area contributed by atoms with Crippen molar-refractivity contribution in [3.63, 3.8) is 0 Å². The molecule has 0 spiro atoms. The van der Waals surface area contributed by atoms with Crippen molar-refractivity contribution in [2.24, 2.45) is 5.41 Å². The Balaban J connectivity index is 1.75. The molecule has 1 heteroatoms. The van der Waals surface area contributed by atoms with Crippen molar-refractivity contribution in [3.05, 3.63) is 71.3 Å². The summed E-state index contributed by atoms with van der Waals surface area (Å²) in [5, 5.41) is 0. The van der Waals surface area contributed by atoms with Crippen molar-refractivity contribution < 1.29 is 0 Å². The zero-order valence-electron chi connectivity index (χ0n) is 12.3. The van der Waals surface area contributed by atoms with Crippen molar-refractivity contribution in [3.8, 4) is 0 Å². The molecule has 2 aliphatic carbocycles. The molecule has 0 radical (unpaired) electrons. The zero-order chi connectivity index (χ0) is 14.3. The predicted octanol–water partition coefficient (Wildman–Crippen LogP) is 5.50. The Morgan fingerprint density at radius 1 is 1.00 bits per heavy atom. The first-order chi connectivity index (χ1) is 10.3. The molecule has 2 aliphatic rings. The van der Waals surface area contributed by atoms with Crippen molar-refractivity contribution in [2.45, 2.75) is 42.8 Å². The summed E-state index contributed by atoms with van der Waals surface area (Å²) in [7, 11) is 0. The minimum Gasteiger partial charge on any atom is -0.0878 e. The Labute approximate surface area is 135 Å². The Morgan fingerprint density at radius 2 is 1.76 bits per heavy atom. The highest BCUT2D eigenvalue weighted by atomic mass is 79.9. The number of halogens is 1. The van der Waals surface area contributed by atoms with Crippen LogP contribution >= 0.6 is 15.9 Å². The highest BCUT2D eigenvalue weighted by molar-refractivity contribution is 9.09. The molecule has 1 fully saturated rings. The van der Waals surface area contributed by atoms with Gasteiger partial charge in [-0.3, -0.25) is 0 Å². The lowest BCUT2D eigenvalue weighted by Gasteiger charge is -2.50. The van der Waals surface area contributed by atoms with E-state index in [1.165, 1.54) is 37.7 Å². The van der Waals surface area contributed by atoms with Crippen LogP contribution in [0.5, 0.6) is 0 Å². The number of rotatable bonds is 2. The molecule has 1 unspecified atom stereocenters. The molecule has 2 aromatic carbocycles. The van der Waals surface area contributed by atoms with Crippen LogP contribution in [0.4, 0.5) is 0 Å². The van der Waals surface area contributed by atoms with Gasteiger partial charge in [-0.1, -0.05) is 76.9 Å². The average molecular weight is 341 g/mol. The molecule has 2 bridgehead atoms. The molecular weight excluding hydrogens is 320 g/mol. The standard InChI is InChI=1S/C20H21Br/c21-19-18-11-6-12-20(19,13-15-7-2-1-3-8-15)14-16-9-4-5-10-17(16)18/h1-5,7-10,18-19H,6,11-14H2/t18-,19?,20-/m0/s1. The van der Waals surface area contributed by atoms with Gasteiger partial charge < -0.3 is 0 Å². The highest BCUT2D eigenvalue weighted by Gasteiger charge is 2.48. The molecule has 0 amide bonds. The number of hydrogen-bond acceptors (Lipinski definition) is 0. The van der Waals surface area contributed by atoms with E-state index >= 15 is 0 Å². The van der Waals surface area contributed by atoms with Crippen LogP contribution in [0.2, 0.25) is 0 Å². The van der Waals surface area contributed by atoms with Gasteiger partial charge in [-0.05, 0) is 53.7 Å². The molecule has 0 heterocycles. The van der Waals surface area contributed by atoms with Crippen LogP contribution in [0.3, 0.4) is 0 Å². The largest absolute Gasteiger partial charge is 0.0878 e. The van der Waals surface area contributed by atoms with E-state index in [9.17, 15) is 0 Å². The van der Waals surface area contributed by atoms with Crippen LogP contribution in [0, 0.1) is 5.41 Å². The third-order valence-corrected chi connectivity index (χ3v) is 7.13. The molecule has 0 aromatic heterocycles. The van der Waals surface area contributed by atoms with E-state index < -0.39 is 0 Å². The van der Waals surface area contributed by atoms with Crippen LogP contribution in [0.15, 0.2) is 54.6 Å². The maximum absolute atomic E-state index is 4.12. The SMILES string of the molecule is BrC1[C@H]2CCC[C@]1(Cc1ccccc1)Cc1ccccc12. The lowest BCUT2D eigenvalue weighted by molar-refractivity contribution is 0.166. The smallest absolute Gasteiger partial charge is 0.0277 e. The summed E-state index contributed by atoms with van der Waals surface area (Å²) in [6.45, 7) is 0. The van der Waals surface area contributed by atoms with E-state index in [0.29, 0.717) is 16.2 Å². The highest BCUT2D eigenvalue weighted by Crippen LogP contribution is 2.55. The Hall–Kier alpha value is -1.08. The van der Waals surface area contributed by atoms with E-state index in [0.717, 1.165) is 0 Å². The molecule has 0 saturated heterocycles. The number of benzene rings is 2. The molecule has 0 nitrogen and oxygen atoms in total. The molecule has 1 saturated carbocycles. The van der Waals surface area contributed by atoms with E-state index in [4.69, 9.17) is 0 Å². The predicted molar refractivity (Wildman–Crippen MR) is 92.0 cm³/mol. The summed E-state index contributed by atoms with van der Waals surface area (Å²) in [4.78, 5) is 0.619. The third-order valence-electron chi connectivity index (χ3n) is 5.52. The number of hydrogen-bond donors (Lipinski definition) is 0. The first-order valence-electron chi connectivity index (χ1n) is 8.04. The minimum atomic E-state index is 0.401. The third kappa shape index (κ3) is 2.26. The van der Waals surface area contributed by atoms with Crippen molar-refractivity contribution in [2.75, 3.05) is 0 Å². The first-order valence-corrected chi connectivity index (χ1v) is 8.96. The van der Waals surface area contributed by atoms with Crippen molar-refractivity contribution in [1.82, 2.24) is 0 Å². The quantitative estimate of drug-likeness (QED) is 0.633. The van der Waals surface area contributed by atoms with Gasteiger partial charge >= 0.3 is 0 Å². The van der Waals surface area contributed by atoms with E-state index in [2.05, 4.69) is 70.5 Å². The number of fused-ring (bicyclic) bond motifs is 4. The lowest BCUT2D eigenvalue weighted by atomic mass is 9.58. The molecular formula is C20H21Br. The molecule has 0 N–H and O–H groups in total. The van der Waals surface area contributed by atoms with E-state index in [-0.39, 0.29) is 0 Å². The van der Waals surface area contributed by atoms with Crippen LogP contribution in [-0.2, 0) is 12.8 Å². The molecule has 2 aromatic rings. The van der Waals surface area contributed by atoms with Crippen LogP contribution < -0.4 is 0 Å². The second-order valence-corrected chi connectivity index (χ2v) is 7.79.